The average Bonchev–Trinajstić information content (AvgIpc) is 2.29. The van der Waals surface area contributed by atoms with Gasteiger partial charge in [-0.3, -0.25) is 4.98 Å². The van der Waals surface area contributed by atoms with E-state index in [0.29, 0.717) is 0 Å². The summed E-state index contributed by atoms with van der Waals surface area (Å²) >= 11 is 0. The summed E-state index contributed by atoms with van der Waals surface area (Å²) in [5, 5.41) is 0. The minimum absolute atomic E-state index is 0.0979. The lowest BCUT2D eigenvalue weighted by Crippen LogP contribution is -2.13. The standard InChI is InChI=1S/C16H19N/c1-12-8-10-13(11-9-12)14-6-5-7-15(17-14)16(2,3)4/h5-11H,1-4H3. The molecule has 0 fully saturated rings. The van der Waals surface area contributed by atoms with Crippen LogP contribution in [0.5, 0.6) is 0 Å². The zero-order valence-electron chi connectivity index (χ0n) is 11.0. The largest absolute Gasteiger partial charge is 0.252 e. The van der Waals surface area contributed by atoms with E-state index in [1.165, 1.54) is 11.1 Å². The summed E-state index contributed by atoms with van der Waals surface area (Å²) < 4.78 is 0. The van der Waals surface area contributed by atoms with E-state index in [2.05, 4.69) is 70.2 Å². The number of aromatic nitrogens is 1. The van der Waals surface area contributed by atoms with Gasteiger partial charge in [0.25, 0.3) is 0 Å². The maximum atomic E-state index is 4.74. The molecule has 1 aromatic heterocycles. The topological polar surface area (TPSA) is 12.9 Å². The summed E-state index contributed by atoms with van der Waals surface area (Å²) in [6.07, 6.45) is 0. The van der Waals surface area contributed by atoms with E-state index in [1.807, 2.05) is 0 Å². The fourth-order valence-electron chi connectivity index (χ4n) is 1.74. The second-order valence-electron chi connectivity index (χ2n) is 5.52. The fraction of sp³-hybridized carbons (Fsp3) is 0.312. The molecular formula is C16H19N. The summed E-state index contributed by atoms with van der Waals surface area (Å²) in [4.78, 5) is 4.74. The molecule has 0 bridgehead atoms. The van der Waals surface area contributed by atoms with Crippen LogP contribution in [0.25, 0.3) is 11.3 Å². The van der Waals surface area contributed by atoms with Crippen LogP contribution in [0.3, 0.4) is 0 Å². The number of nitrogens with zero attached hydrogens (tertiary/aromatic N) is 1. The minimum atomic E-state index is 0.0979. The first-order chi connectivity index (χ1) is 7.97. The van der Waals surface area contributed by atoms with Crippen molar-refractivity contribution in [2.45, 2.75) is 33.1 Å². The van der Waals surface area contributed by atoms with Crippen LogP contribution in [0.1, 0.15) is 32.0 Å². The molecule has 0 atom stereocenters. The smallest absolute Gasteiger partial charge is 0.0705 e. The summed E-state index contributed by atoms with van der Waals surface area (Å²) in [5.41, 5.74) is 4.75. The molecule has 2 aromatic rings. The molecule has 1 heterocycles. The van der Waals surface area contributed by atoms with Crippen molar-refractivity contribution in [1.29, 1.82) is 0 Å². The molecule has 17 heavy (non-hydrogen) atoms. The zero-order chi connectivity index (χ0) is 12.5. The van der Waals surface area contributed by atoms with Crippen LogP contribution in [-0.2, 0) is 5.41 Å². The van der Waals surface area contributed by atoms with Gasteiger partial charge in [-0.25, -0.2) is 0 Å². The molecule has 0 saturated carbocycles. The maximum Gasteiger partial charge on any atom is 0.0705 e. The Kier molecular flexibility index (Phi) is 3.01. The third-order valence-electron chi connectivity index (χ3n) is 2.86. The molecule has 0 amide bonds. The molecule has 0 unspecified atom stereocenters. The lowest BCUT2D eigenvalue weighted by molar-refractivity contribution is 0.570. The Balaban J connectivity index is 2.43. The Morgan fingerprint density at radius 2 is 1.53 bits per heavy atom. The van der Waals surface area contributed by atoms with Crippen LogP contribution in [0.4, 0.5) is 0 Å². The van der Waals surface area contributed by atoms with Crippen LogP contribution < -0.4 is 0 Å². The summed E-state index contributed by atoms with van der Waals surface area (Å²) in [6, 6.07) is 14.8. The third-order valence-corrected chi connectivity index (χ3v) is 2.86. The monoisotopic (exact) mass is 225 g/mol. The predicted octanol–water partition coefficient (Wildman–Crippen LogP) is 4.35. The molecule has 1 heteroatoms. The quantitative estimate of drug-likeness (QED) is 0.703. The molecule has 0 aliphatic carbocycles. The highest BCUT2D eigenvalue weighted by Gasteiger charge is 2.15. The molecule has 1 nitrogen and oxygen atoms in total. The zero-order valence-corrected chi connectivity index (χ0v) is 11.0. The SMILES string of the molecule is Cc1ccc(-c2cccc(C(C)(C)C)n2)cc1. The number of hydrogen-bond donors (Lipinski definition) is 0. The Hall–Kier alpha value is -1.63. The number of benzene rings is 1. The lowest BCUT2D eigenvalue weighted by atomic mass is 9.91. The highest BCUT2D eigenvalue weighted by Crippen LogP contribution is 2.24. The van der Waals surface area contributed by atoms with Gasteiger partial charge in [0, 0.05) is 16.7 Å². The molecule has 1 aromatic carbocycles. The Morgan fingerprint density at radius 3 is 2.12 bits per heavy atom. The normalized spacial score (nSPS) is 11.5. The van der Waals surface area contributed by atoms with Gasteiger partial charge in [0.05, 0.1) is 5.69 Å². The third kappa shape index (κ3) is 2.73. The molecule has 0 radical (unpaired) electrons. The second kappa shape index (κ2) is 4.33. The average molecular weight is 225 g/mol. The van der Waals surface area contributed by atoms with Crippen molar-refractivity contribution in [3.63, 3.8) is 0 Å². The van der Waals surface area contributed by atoms with Gasteiger partial charge in [-0.1, -0.05) is 56.7 Å². The number of hydrogen-bond acceptors (Lipinski definition) is 1. The molecule has 0 N–H and O–H groups in total. The van der Waals surface area contributed by atoms with Gasteiger partial charge in [0.15, 0.2) is 0 Å². The molecular weight excluding hydrogens is 206 g/mol. The van der Waals surface area contributed by atoms with E-state index in [4.69, 9.17) is 4.98 Å². The number of aryl methyl sites for hydroxylation is 1. The van der Waals surface area contributed by atoms with Crippen LogP contribution >= 0.6 is 0 Å². The predicted molar refractivity (Wildman–Crippen MR) is 73.1 cm³/mol. The maximum absolute atomic E-state index is 4.74. The van der Waals surface area contributed by atoms with Crippen molar-refractivity contribution in [2.75, 3.05) is 0 Å². The second-order valence-corrected chi connectivity index (χ2v) is 5.52. The molecule has 2 rings (SSSR count). The van der Waals surface area contributed by atoms with Crippen molar-refractivity contribution < 1.29 is 0 Å². The van der Waals surface area contributed by atoms with E-state index in [-0.39, 0.29) is 5.41 Å². The van der Waals surface area contributed by atoms with E-state index in [1.54, 1.807) is 0 Å². The first-order valence-electron chi connectivity index (χ1n) is 6.01. The summed E-state index contributed by atoms with van der Waals surface area (Å²) in [7, 11) is 0. The molecule has 0 saturated heterocycles. The highest BCUT2D eigenvalue weighted by atomic mass is 14.7. The summed E-state index contributed by atoms with van der Waals surface area (Å²) in [5.74, 6) is 0. The van der Waals surface area contributed by atoms with E-state index in [0.717, 1.165) is 11.4 Å². The van der Waals surface area contributed by atoms with Crippen molar-refractivity contribution in [3.8, 4) is 11.3 Å². The van der Waals surface area contributed by atoms with Crippen molar-refractivity contribution in [2.24, 2.45) is 0 Å². The van der Waals surface area contributed by atoms with E-state index in [9.17, 15) is 0 Å². The highest BCUT2D eigenvalue weighted by molar-refractivity contribution is 5.59. The van der Waals surface area contributed by atoms with Gasteiger partial charge in [0.1, 0.15) is 0 Å². The van der Waals surface area contributed by atoms with Gasteiger partial charge in [0.2, 0.25) is 0 Å². The molecule has 88 valence electrons. The Labute approximate surface area is 104 Å². The summed E-state index contributed by atoms with van der Waals surface area (Å²) in [6.45, 7) is 8.67. The van der Waals surface area contributed by atoms with Gasteiger partial charge in [-0.2, -0.15) is 0 Å². The van der Waals surface area contributed by atoms with Crippen LogP contribution in [0, 0.1) is 6.92 Å². The molecule has 0 aliphatic rings. The Morgan fingerprint density at radius 1 is 0.882 bits per heavy atom. The molecule has 0 spiro atoms. The number of pyridine rings is 1. The van der Waals surface area contributed by atoms with Gasteiger partial charge in [-0.05, 0) is 19.1 Å². The van der Waals surface area contributed by atoms with Crippen LogP contribution in [0.15, 0.2) is 42.5 Å². The van der Waals surface area contributed by atoms with Crippen LogP contribution in [0.2, 0.25) is 0 Å². The lowest BCUT2D eigenvalue weighted by Gasteiger charge is -2.18. The van der Waals surface area contributed by atoms with Crippen LogP contribution in [-0.4, -0.2) is 4.98 Å². The first-order valence-corrected chi connectivity index (χ1v) is 6.01. The van der Waals surface area contributed by atoms with Gasteiger partial charge < -0.3 is 0 Å². The van der Waals surface area contributed by atoms with Gasteiger partial charge in [-0.15, -0.1) is 0 Å². The minimum Gasteiger partial charge on any atom is -0.252 e. The van der Waals surface area contributed by atoms with Crippen molar-refractivity contribution >= 4 is 0 Å². The van der Waals surface area contributed by atoms with Crippen molar-refractivity contribution in [3.05, 3.63) is 53.7 Å². The van der Waals surface area contributed by atoms with E-state index >= 15 is 0 Å². The van der Waals surface area contributed by atoms with E-state index < -0.39 is 0 Å². The van der Waals surface area contributed by atoms with Gasteiger partial charge >= 0.3 is 0 Å². The first kappa shape index (κ1) is 11.8. The Bertz CT molecular complexity index is 504. The van der Waals surface area contributed by atoms with Crippen molar-refractivity contribution in [1.82, 2.24) is 4.98 Å². The number of rotatable bonds is 1. The molecule has 0 aliphatic heterocycles. The fourth-order valence-corrected chi connectivity index (χ4v) is 1.74.